The van der Waals surface area contributed by atoms with Gasteiger partial charge in [-0.1, -0.05) is 48.5 Å². The molecule has 0 N–H and O–H groups in total. The monoisotopic (exact) mass is 328 g/mol. The molecule has 1 heterocycles. The van der Waals surface area contributed by atoms with Gasteiger partial charge in [0.05, 0.1) is 23.7 Å². The minimum absolute atomic E-state index is 0.0993. The van der Waals surface area contributed by atoms with Crippen molar-refractivity contribution < 1.29 is 4.74 Å². The first-order chi connectivity index (χ1) is 12.3. The molecule has 4 heteroatoms. The summed E-state index contributed by atoms with van der Waals surface area (Å²) in [5.41, 5.74) is 2.19. The third-order valence-corrected chi connectivity index (χ3v) is 4.12. The van der Waals surface area contributed by atoms with Gasteiger partial charge in [-0.25, -0.2) is 4.98 Å². The summed E-state index contributed by atoms with van der Waals surface area (Å²) in [6.07, 6.45) is 0. The molecular weight excluding hydrogens is 312 g/mol. The van der Waals surface area contributed by atoms with Gasteiger partial charge >= 0.3 is 0 Å². The quantitative estimate of drug-likeness (QED) is 0.569. The Morgan fingerprint density at radius 3 is 2.44 bits per heavy atom. The van der Waals surface area contributed by atoms with E-state index in [0.29, 0.717) is 22.5 Å². The fourth-order valence-corrected chi connectivity index (χ4v) is 2.90. The Kier molecular flexibility index (Phi) is 3.78. The van der Waals surface area contributed by atoms with Gasteiger partial charge in [-0.05, 0) is 24.3 Å². The molecular formula is C21H16N2O2. The van der Waals surface area contributed by atoms with Crippen LogP contribution in [0, 0.1) is 0 Å². The molecule has 0 amide bonds. The molecule has 4 aromatic rings. The van der Waals surface area contributed by atoms with E-state index >= 15 is 0 Å². The predicted octanol–water partition coefficient (Wildman–Crippen LogP) is 4.06. The number of aromatic nitrogens is 2. The third-order valence-electron chi connectivity index (χ3n) is 4.12. The zero-order valence-electron chi connectivity index (χ0n) is 13.7. The van der Waals surface area contributed by atoms with Crippen LogP contribution in [-0.2, 0) is 0 Å². The molecule has 1 aromatic heterocycles. The van der Waals surface area contributed by atoms with Crippen LogP contribution in [0.2, 0.25) is 0 Å². The average Bonchev–Trinajstić information content (AvgIpc) is 2.68. The van der Waals surface area contributed by atoms with Crippen molar-refractivity contribution in [1.82, 2.24) is 9.55 Å². The fourth-order valence-electron chi connectivity index (χ4n) is 2.90. The van der Waals surface area contributed by atoms with E-state index in [4.69, 9.17) is 9.72 Å². The molecule has 0 radical (unpaired) electrons. The van der Waals surface area contributed by atoms with Gasteiger partial charge in [-0.2, -0.15) is 0 Å². The lowest BCUT2D eigenvalue weighted by Crippen LogP contribution is -2.22. The first-order valence-electron chi connectivity index (χ1n) is 7.99. The second-order valence-corrected chi connectivity index (χ2v) is 5.66. The van der Waals surface area contributed by atoms with Crippen LogP contribution >= 0.6 is 0 Å². The Morgan fingerprint density at radius 2 is 1.64 bits per heavy atom. The lowest BCUT2D eigenvalue weighted by atomic mass is 10.1. The Balaban J connectivity index is 2.10. The van der Waals surface area contributed by atoms with Crippen LogP contribution in [0.15, 0.2) is 83.7 Å². The van der Waals surface area contributed by atoms with Crippen molar-refractivity contribution in [3.63, 3.8) is 0 Å². The van der Waals surface area contributed by atoms with Crippen molar-refractivity contribution in [3.05, 3.63) is 89.2 Å². The number of fused-ring (bicyclic) bond motifs is 1. The highest BCUT2D eigenvalue weighted by Gasteiger charge is 2.14. The van der Waals surface area contributed by atoms with Gasteiger partial charge < -0.3 is 4.74 Å². The summed E-state index contributed by atoms with van der Waals surface area (Å²) < 4.78 is 6.95. The first-order valence-corrected chi connectivity index (χ1v) is 7.99. The van der Waals surface area contributed by atoms with E-state index < -0.39 is 0 Å². The van der Waals surface area contributed by atoms with E-state index in [9.17, 15) is 4.79 Å². The molecule has 0 atom stereocenters. The van der Waals surface area contributed by atoms with Crippen molar-refractivity contribution in [1.29, 1.82) is 0 Å². The summed E-state index contributed by atoms with van der Waals surface area (Å²) >= 11 is 0. The van der Waals surface area contributed by atoms with Gasteiger partial charge in [0.15, 0.2) is 0 Å². The van der Waals surface area contributed by atoms with Gasteiger partial charge in [0.2, 0.25) is 0 Å². The second-order valence-electron chi connectivity index (χ2n) is 5.66. The van der Waals surface area contributed by atoms with E-state index in [2.05, 4.69) is 0 Å². The molecule has 0 aliphatic rings. The van der Waals surface area contributed by atoms with Crippen LogP contribution in [0.25, 0.3) is 28.0 Å². The number of rotatable bonds is 3. The molecule has 122 valence electrons. The van der Waals surface area contributed by atoms with Gasteiger partial charge in [0.25, 0.3) is 5.56 Å². The minimum atomic E-state index is -0.0993. The topological polar surface area (TPSA) is 44.1 Å². The number of hydrogen-bond donors (Lipinski definition) is 0. The molecule has 0 saturated carbocycles. The van der Waals surface area contributed by atoms with E-state index in [-0.39, 0.29) is 5.56 Å². The number of para-hydroxylation sites is 1. The minimum Gasteiger partial charge on any atom is -0.497 e. The third kappa shape index (κ3) is 2.68. The second kappa shape index (κ2) is 6.24. The molecule has 0 aliphatic carbocycles. The molecule has 0 fully saturated rings. The Labute approximate surface area is 145 Å². The molecule has 4 nitrogen and oxygen atoms in total. The van der Waals surface area contributed by atoms with Crippen molar-refractivity contribution in [2.75, 3.05) is 7.11 Å². The number of nitrogens with zero attached hydrogens (tertiary/aromatic N) is 2. The smallest absolute Gasteiger partial charge is 0.266 e. The lowest BCUT2D eigenvalue weighted by Gasteiger charge is -2.14. The van der Waals surface area contributed by atoms with Crippen LogP contribution in [0.1, 0.15) is 0 Å². The summed E-state index contributed by atoms with van der Waals surface area (Å²) in [6.45, 7) is 0. The standard InChI is InChI=1S/C21H16N2O2/c1-25-17-11-7-10-16(14-17)23-20(15-8-3-2-4-9-15)22-19-13-6-5-12-18(19)21(23)24/h2-14H,1H3. The van der Waals surface area contributed by atoms with Crippen LogP contribution in [-0.4, -0.2) is 16.7 Å². The van der Waals surface area contributed by atoms with Crippen molar-refractivity contribution in [3.8, 4) is 22.8 Å². The van der Waals surface area contributed by atoms with E-state index in [0.717, 1.165) is 11.3 Å². The van der Waals surface area contributed by atoms with Crippen molar-refractivity contribution in [2.24, 2.45) is 0 Å². The molecule has 4 rings (SSSR count). The maximum atomic E-state index is 13.2. The van der Waals surface area contributed by atoms with Crippen molar-refractivity contribution >= 4 is 10.9 Å². The fraction of sp³-hybridized carbons (Fsp3) is 0.0476. The summed E-state index contributed by atoms with van der Waals surface area (Å²) in [5, 5.41) is 0.588. The number of ether oxygens (including phenoxy) is 1. The van der Waals surface area contributed by atoms with E-state index in [1.54, 1.807) is 17.7 Å². The highest BCUT2D eigenvalue weighted by Crippen LogP contribution is 2.23. The molecule has 25 heavy (non-hydrogen) atoms. The lowest BCUT2D eigenvalue weighted by molar-refractivity contribution is 0.414. The first kappa shape index (κ1) is 15.1. The zero-order valence-corrected chi connectivity index (χ0v) is 13.7. The number of methoxy groups -OCH3 is 1. The summed E-state index contributed by atoms with van der Waals surface area (Å²) in [5.74, 6) is 1.30. The summed E-state index contributed by atoms with van der Waals surface area (Å²) in [7, 11) is 1.61. The molecule has 0 aliphatic heterocycles. The van der Waals surface area contributed by atoms with Gasteiger partial charge in [-0.3, -0.25) is 9.36 Å². The zero-order chi connectivity index (χ0) is 17.2. The van der Waals surface area contributed by atoms with E-state index in [1.165, 1.54) is 0 Å². The number of hydrogen-bond acceptors (Lipinski definition) is 3. The van der Waals surface area contributed by atoms with Crippen LogP contribution < -0.4 is 10.3 Å². The molecule has 0 saturated heterocycles. The van der Waals surface area contributed by atoms with Crippen LogP contribution in [0.4, 0.5) is 0 Å². The predicted molar refractivity (Wildman–Crippen MR) is 99.3 cm³/mol. The Bertz CT molecular complexity index is 1100. The highest BCUT2D eigenvalue weighted by atomic mass is 16.5. The van der Waals surface area contributed by atoms with Crippen molar-refractivity contribution in [2.45, 2.75) is 0 Å². The maximum absolute atomic E-state index is 13.2. The van der Waals surface area contributed by atoms with E-state index in [1.807, 2.05) is 72.8 Å². The summed E-state index contributed by atoms with van der Waals surface area (Å²) in [4.78, 5) is 18.0. The largest absolute Gasteiger partial charge is 0.497 e. The molecule has 0 spiro atoms. The maximum Gasteiger partial charge on any atom is 0.266 e. The highest BCUT2D eigenvalue weighted by molar-refractivity contribution is 5.80. The van der Waals surface area contributed by atoms with Gasteiger partial charge in [0.1, 0.15) is 11.6 Å². The summed E-state index contributed by atoms with van der Waals surface area (Å²) in [6, 6.07) is 24.6. The average molecular weight is 328 g/mol. The Morgan fingerprint density at radius 1 is 0.880 bits per heavy atom. The normalized spacial score (nSPS) is 10.8. The van der Waals surface area contributed by atoms with Crippen LogP contribution in [0.5, 0.6) is 5.75 Å². The SMILES string of the molecule is COc1cccc(-n2c(-c3ccccc3)nc3ccccc3c2=O)c1. The molecule has 0 unspecified atom stereocenters. The Hall–Kier alpha value is -3.40. The number of benzene rings is 3. The molecule has 3 aromatic carbocycles. The van der Waals surface area contributed by atoms with Crippen LogP contribution in [0.3, 0.4) is 0 Å². The van der Waals surface area contributed by atoms with Gasteiger partial charge in [-0.15, -0.1) is 0 Å². The molecule has 0 bridgehead atoms. The van der Waals surface area contributed by atoms with Gasteiger partial charge in [0, 0.05) is 11.6 Å².